The molecule has 1 aromatic carbocycles. The van der Waals surface area contributed by atoms with Crippen LogP contribution in [0.25, 0.3) is 0 Å². The highest BCUT2D eigenvalue weighted by Gasteiger charge is 2.14. The number of rotatable bonds is 20. The van der Waals surface area contributed by atoms with Crippen molar-refractivity contribution in [2.24, 2.45) is 0 Å². The molecule has 0 amide bonds. The molecule has 0 saturated carbocycles. The van der Waals surface area contributed by atoms with E-state index >= 15 is 0 Å². The maximum absolute atomic E-state index is 3.78. The first kappa shape index (κ1) is 26.7. The zero-order valence-electron chi connectivity index (χ0n) is 20.3. The van der Waals surface area contributed by atoms with Crippen molar-refractivity contribution >= 4 is 0 Å². The molecule has 0 aliphatic heterocycles. The summed E-state index contributed by atoms with van der Waals surface area (Å²) >= 11 is 0. The van der Waals surface area contributed by atoms with Crippen LogP contribution >= 0.6 is 0 Å². The second-order valence-corrected chi connectivity index (χ2v) is 9.67. The molecule has 0 saturated heterocycles. The van der Waals surface area contributed by atoms with Gasteiger partial charge in [-0.15, -0.1) is 6.58 Å². The van der Waals surface area contributed by atoms with Gasteiger partial charge in [-0.05, 0) is 51.4 Å². The normalized spacial score (nSPS) is 11.9. The van der Waals surface area contributed by atoms with Crippen LogP contribution in [0.15, 0.2) is 55.1 Å². The number of allylic oxidation sites excluding steroid dienone is 3. The number of hydrogen-bond donors (Lipinski definition) is 0. The average Bonchev–Trinajstić information content (AvgIpc) is 2.73. The third-order valence-corrected chi connectivity index (χ3v) is 6.03. The number of nitrogens with zero attached hydrogens (tertiary/aromatic N) is 1. The zero-order chi connectivity index (χ0) is 21.8. The molecule has 0 radical (unpaired) electrons. The fourth-order valence-corrected chi connectivity index (χ4v) is 4.16. The molecule has 1 heteroatoms. The summed E-state index contributed by atoms with van der Waals surface area (Å²) in [5.74, 6) is 0. The van der Waals surface area contributed by atoms with Crippen molar-refractivity contribution in [1.29, 1.82) is 0 Å². The standard InChI is InChI=1S/C29H50N/c1-4-5-6-7-8-9-10-11-12-13-14-15-16-17-18-19-20-24-27-30(2,3)28-29-25-22-21-23-26-29/h4,13-14,21-23,25-26H,1,5-12,15-20,24,27-28H2,2-3H3/q+1. The van der Waals surface area contributed by atoms with Crippen molar-refractivity contribution in [3.05, 3.63) is 60.7 Å². The molecule has 1 rings (SSSR count). The second-order valence-electron chi connectivity index (χ2n) is 9.67. The molecule has 0 unspecified atom stereocenters. The van der Waals surface area contributed by atoms with E-state index in [9.17, 15) is 0 Å². The van der Waals surface area contributed by atoms with Gasteiger partial charge in [-0.1, -0.05) is 93.5 Å². The zero-order valence-corrected chi connectivity index (χ0v) is 20.3. The Bertz CT molecular complexity index is 529. The van der Waals surface area contributed by atoms with Crippen molar-refractivity contribution in [1.82, 2.24) is 0 Å². The molecule has 0 fully saturated rings. The Morgan fingerprint density at radius 1 is 0.633 bits per heavy atom. The van der Waals surface area contributed by atoms with E-state index < -0.39 is 0 Å². The molecule has 30 heavy (non-hydrogen) atoms. The second kappa shape index (κ2) is 18.4. The van der Waals surface area contributed by atoms with Crippen LogP contribution in [-0.4, -0.2) is 25.1 Å². The Labute approximate surface area is 188 Å². The van der Waals surface area contributed by atoms with Crippen molar-refractivity contribution in [2.75, 3.05) is 20.6 Å². The van der Waals surface area contributed by atoms with Crippen LogP contribution in [0, 0.1) is 0 Å². The van der Waals surface area contributed by atoms with Crippen LogP contribution in [0.3, 0.4) is 0 Å². The molecule has 1 nitrogen and oxygen atoms in total. The van der Waals surface area contributed by atoms with Gasteiger partial charge < -0.3 is 4.48 Å². The first-order valence-corrected chi connectivity index (χ1v) is 12.8. The first-order valence-electron chi connectivity index (χ1n) is 12.8. The number of quaternary nitrogens is 1. The third-order valence-electron chi connectivity index (χ3n) is 6.03. The fourth-order valence-electron chi connectivity index (χ4n) is 4.16. The van der Waals surface area contributed by atoms with Gasteiger partial charge >= 0.3 is 0 Å². The van der Waals surface area contributed by atoms with Crippen molar-refractivity contribution < 1.29 is 4.48 Å². The quantitative estimate of drug-likeness (QED) is 0.114. The van der Waals surface area contributed by atoms with E-state index in [-0.39, 0.29) is 0 Å². The molecule has 0 aliphatic rings. The number of benzene rings is 1. The predicted octanol–water partition coefficient (Wildman–Crippen LogP) is 8.86. The van der Waals surface area contributed by atoms with E-state index in [2.05, 4.69) is 63.2 Å². The Balaban J connectivity index is 1.85. The topological polar surface area (TPSA) is 0 Å². The van der Waals surface area contributed by atoms with Crippen LogP contribution in [0.2, 0.25) is 0 Å². The Morgan fingerprint density at radius 3 is 1.63 bits per heavy atom. The van der Waals surface area contributed by atoms with Crippen molar-refractivity contribution in [2.45, 2.75) is 103 Å². The van der Waals surface area contributed by atoms with Gasteiger partial charge in [0.2, 0.25) is 0 Å². The molecular weight excluding hydrogens is 362 g/mol. The van der Waals surface area contributed by atoms with Crippen molar-refractivity contribution in [3.63, 3.8) is 0 Å². The lowest BCUT2D eigenvalue weighted by Gasteiger charge is -2.30. The van der Waals surface area contributed by atoms with Gasteiger partial charge in [0.25, 0.3) is 0 Å². The minimum absolute atomic E-state index is 1.10. The summed E-state index contributed by atoms with van der Waals surface area (Å²) in [6.07, 6.45) is 27.3. The van der Waals surface area contributed by atoms with Gasteiger partial charge in [-0.25, -0.2) is 0 Å². The molecule has 170 valence electrons. The molecular formula is C29H50N+. The lowest BCUT2D eigenvalue weighted by atomic mass is 10.1. The summed E-state index contributed by atoms with van der Waals surface area (Å²) in [5.41, 5.74) is 1.45. The van der Waals surface area contributed by atoms with Crippen LogP contribution < -0.4 is 0 Å². The van der Waals surface area contributed by atoms with Gasteiger partial charge in [0.15, 0.2) is 0 Å². The number of hydrogen-bond acceptors (Lipinski definition) is 0. The Morgan fingerprint density at radius 2 is 1.10 bits per heavy atom. The summed E-state index contributed by atoms with van der Waals surface area (Å²) in [6.45, 7) is 6.21. The number of unbranched alkanes of at least 4 members (excludes halogenated alkanes) is 13. The highest BCUT2D eigenvalue weighted by atomic mass is 15.3. The molecule has 0 aromatic heterocycles. The van der Waals surface area contributed by atoms with Gasteiger partial charge in [-0.3, -0.25) is 0 Å². The Kier molecular flexibility index (Phi) is 16.4. The van der Waals surface area contributed by atoms with Gasteiger partial charge in [0, 0.05) is 5.56 Å². The SMILES string of the molecule is C=CCCCCCCCCC=CCCCCCCCC[N+](C)(C)Cc1ccccc1. The fraction of sp³-hybridized carbons (Fsp3) is 0.655. The molecule has 0 N–H and O–H groups in total. The van der Waals surface area contributed by atoms with Crippen LogP contribution in [0.1, 0.15) is 102 Å². The maximum Gasteiger partial charge on any atom is 0.104 e. The lowest BCUT2D eigenvalue weighted by molar-refractivity contribution is -0.903. The first-order chi connectivity index (χ1) is 14.6. The minimum Gasteiger partial charge on any atom is -0.325 e. The summed E-state index contributed by atoms with van der Waals surface area (Å²) in [5, 5.41) is 0. The molecule has 0 spiro atoms. The molecule has 0 bridgehead atoms. The summed E-state index contributed by atoms with van der Waals surface area (Å²) in [6, 6.07) is 10.9. The van der Waals surface area contributed by atoms with E-state index in [4.69, 9.17) is 0 Å². The van der Waals surface area contributed by atoms with E-state index in [1.165, 1.54) is 108 Å². The highest BCUT2D eigenvalue weighted by molar-refractivity contribution is 5.13. The summed E-state index contributed by atoms with van der Waals surface area (Å²) in [4.78, 5) is 0. The smallest absolute Gasteiger partial charge is 0.104 e. The minimum atomic E-state index is 1.10. The lowest BCUT2D eigenvalue weighted by Crippen LogP contribution is -2.39. The third kappa shape index (κ3) is 16.5. The van der Waals surface area contributed by atoms with Crippen LogP contribution in [0.4, 0.5) is 0 Å². The van der Waals surface area contributed by atoms with E-state index in [0.29, 0.717) is 0 Å². The predicted molar refractivity (Wildman–Crippen MR) is 136 cm³/mol. The molecule has 1 aromatic rings. The maximum atomic E-state index is 3.78. The van der Waals surface area contributed by atoms with E-state index in [1.54, 1.807) is 0 Å². The summed E-state index contributed by atoms with van der Waals surface area (Å²) in [7, 11) is 4.73. The summed E-state index contributed by atoms with van der Waals surface area (Å²) < 4.78 is 1.10. The van der Waals surface area contributed by atoms with Crippen LogP contribution in [0.5, 0.6) is 0 Å². The van der Waals surface area contributed by atoms with E-state index in [0.717, 1.165) is 11.0 Å². The van der Waals surface area contributed by atoms with Crippen molar-refractivity contribution in [3.8, 4) is 0 Å². The van der Waals surface area contributed by atoms with E-state index in [1.807, 2.05) is 6.08 Å². The van der Waals surface area contributed by atoms with Gasteiger partial charge in [0.05, 0.1) is 20.6 Å². The van der Waals surface area contributed by atoms with Gasteiger partial charge in [-0.2, -0.15) is 0 Å². The monoisotopic (exact) mass is 412 g/mol. The largest absolute Gasteiger partial charge is 0.325 e. The Hall–Kier alpha value is -1.34. The molecule has 0 atom stereocenters. The average molecular weight is 413 g/mol. The van der Waals surface area contributed by atoms with Crippen LogP contribution in [-0.2, 0) is 6.54 Å². The molecule has 0 heterocycles. The van der Waals surface area contributed by atoms with Gasteiger partial charge in [0.1, 0.15) is 6.54 Å². The molecule has 0 aliphatic carbocycles. The highest BCUT2D eigenvalue weighted by Crippen LogP contribution is 2.13.